The van der Waals surface area contributed by atoms with Crippen LogP contribution in [0, 0.1) is 5.82 Å². The van der Waals surface area contributed by atoms with E-state index in [1.165, 1.54) is 18.6 Å². The van der Waals surface area contributed by atoms with E-state index in [2.05, 4.69) is 9.97 Å². The number of fused-ring (bicyclic) bond motifs is 1. The highest BCUT2D eigenvalue weighted by molar-refractivity contribution is 7.99. The van der Waals surface area contributed by atoms with Gasteiger partial charge in [-0.15, -0.1) is 0 Å². The van der Waals surface area contributed by atoms with E-state index in [0.717, 1.165) is 28.8 Å². The van der Waals surface area contributed by atoms with Crippen LogP contribution < -0.4 is 5.73 Å². The molecule has 2 aromatic rings. The molecule has 3 nitrogen and oxygen atoms in total. The van der Waals surface area contributed by atoms with Gasteiger partial charge in [0.15, 0.2) is 0 Å². The fourth-order valence-electron chi connectivity index (χ4n) is 2.18. The van der Waals surface area contributed by atoms with Crippen molar-refractivity contribution in [3.8, 4) is 0 Å². The standard InChI is InChI=1S/C12H12FN3S/c13-7-3-4-9-8(6-7)11(16-12(14)15-9)10-2-1-5-17-10/h3-4,6,10H,1-2,5H2,(H2,14,15,16). The SMILES string of the molecule is Nc1nc(C2CCCS2)c2cc(F)ccc2n1. The first-order valence-electron chi connectivity index (χ1n) is 5.58. The zero-order valence-corrected chi connectivity index (χ0v) is 10.0. The minimum atomic E-state index is -0.255. The molecule has 1 aromatic carbocycles. The number of anilines is 1. The monoisotopic (exact) mass is 249 g/mol. The molecule has 1 aromatic heterocycles. The van der Waals surface area contributed by atoms with Crippen molar-refractivity contribution >= 4 is 28.6 Å². The Morgan fingerprint density at radius 2 is 2.24 bits per heavy atom. The normalized spacial score (nSPS) is 19.9. The number of aromatic nitrogens is 2. The van der Waals surface area contributed by atoms with Gasteiger partial charge >= 0.3 is 0 Å². The Hall–Kier alpha value is -1.36. The van der Waals surface area contributed by atoms with Crippen molar-refractivity contribution < 1.29 is 4.39 Å². The summed E-state index contributed by atoms with van der Waals surface area (Å²) in [6.07, 6.45) is 2.25. The van der Waals surface area contributed by atoms with Crippen molar-refractivity contribution in [2.45, 2.75) is 18.1 Å². The van der Waals surface area contributed by atoms with Gasteiger partial charge in [0.05, 0.1) is 11.2 Å². The zero-order valence-electron chi connectivity index (χ0n) is 9.19. The first-order valence-corrected chi connectivity index (χ1v) is 6.63. The number of nitrogens with zero attached hydrogens (tertiary/aromatic N) is 2. The summed E-state index contributed by atoms with van der Waals surface area (Å²) >= 11 is 1.86. The van der Waals surface area contributed by atoms with Crippen molar-refractivity contribution in [3.05, 3.63) is 29.7 Å². The summed E-state index contributed by atoms with van der Waals surface area (Å²) in [7, 11) is 0. The summed E-state index contributed by atoms with van der Waals surface area (Å²) in [4.78, 5) is 8.44. The molecule has 0 radical (unpaired) electrons. The van der Waals surface area contributed by atoms with Gasteiger partial charge in [0.2, 0.25) is 5.95 Å². The number of nitrogens with two attached hydrogens (primary N) is 1. The van der Waals surface area contributed by atoms with Crippen LogP contribution in [0.1, 0.15) is 23.8 Å². The topological polar surface area (TPSA) is 51.8 Å². The van der Waals surface area contributed by atoms with Gasteiger partial charge in [0, 0.05) is 10.6 Å². The number of hydrogen-bond acceptors (Lipinski definition) is 4. The van der Waals surface area contributed by atoms with Gasteiger partial charge < -0.3 is 5.73 Å². The van der Waals surface area contributed by atoms with E-state index in [1.54, 1.807) is 6.07 Å². The second kappa shape index (κ2) is 4.14. The zero-order chi connectivity index (χ0) is 11.8. The van der Waals surface area contributed by atoms with E-state index in [1.807, 2.05) is 11.8 Å². The third kappa shape index (κ3) is 1.95. The highest BCUT2D eigenvalue weighted by Crippen LogP contribution is 2.41. The summed E-state index contributed by atoms with van der Waals surface area (Å²) in [5.41, 5.74) is 7.31. The Bertz CT molecular complexity index is 567. The number of halogens is 1. The van der Waals surface area contributed by atoms with E-state index in [4.69, 9.17) is 5.73 Å². The van der Waals surface area contributed by atoms with Gasteiger partial charge in [0.25, 0.3) is 0 Å². The lowest BCUT2D eigenvalue weighted by Gasteiger charge is -2.11. The number of rotatable bonds is 1. The number of hydrogen-bond donors (Lipinski definition) is 1. The summed E-state index contributed by atoms with van der Waals surface area (Å²) < 4.78 is 13.3. The third-order valence-electron chi connectivity index (χ3n) is 2.94. The Morgan fingerprint density at radius 3 is 3.00 bits per heavy atom. The quantitative estimate of drug-likeness (QED) is 0.844. The van der Waals surface area contributed by atoms with E-state index in [9.17, 15) is 4.39 Å². The molecule has 1 atom stereocenters. The molecule has 1 aliphatic heterocycles. The van der Waals surface area contributed by atoms with Gasteiger partial charge in [0.1, 0.15) is 5.82 Å². The molecule has 0 bridgehead atoms. The molecule has 88 valence electrons. The molecule has 1 saturated heterocycles. The van der Waals surface area contributed by atoms with Crippen molar-refractivity contribution in [1.82, 2.24) is 9.97 Å². The fourth-order valence-corrected chi connectivity index (χ4v) is 3.47. The lowest BCUT2D eigenvalue weighted by atomic mass is 10.1. The predicted molar refractivity (Wildman–Crippen MR) is 68.3 cm³/mol. The molecule has 0 aliphatic carbocycles. The van der Waals surface area contributed by atoms with Crippen LogP contribution >= 0.6 is 11.8 Å². The molecule has 2 N–H and O–H groups in total. The Labute approximate surface area is 103 Å². The summed E-state index contributed by atoms with van der Waals surface area (Å²) in [6, 6.07) is 4.56. The average Bonchev–Trinajstić information content (AvgIpc) is 2.82. The predicted octanol–water partition coefficient (Wildman–Crippen LogP) is 2.92. The van der Waals surface area contributed by atoms with Crippen LogP contribution in [-0.4, -0.2) is 15.7 Å². The van der Waals surface area contributed by atoms with Crippen LogP contribution in [-0.2, 0) is 0 Å². The minimum absolute atomic E-state index is 0.255. The molecule has 1 unspecified atom stereocenters. The lowest BCUT2D eigenvalue weighted by molar-refractivity contribution is 0.629. The van der Waals surface area contributed by atoms with Gasteiger partial charge in [-0.2, -0.15) is 11.8 Å². The Morgan fingerprint density at radius 1 is 1.35 bits per heavy atom. The molecule has 1 fully saturated rings. The van der Waals surface area contributed by atoms with Crippen LogP contribution in [0.2, 0.25) is 0 Å². The number of thioether (sulfide) groups is 1. The van der Waals surface area contributed by atoms with Gasteiger partial charge in [-0.3, -0.25) is 0 Å². The van der Waals surface area contributed by atoms with E-state index < -0.39 is 0 Å². The van der Waals surface area contributed by atoms with Crippen LogP contribution in [0.3, 0.4) is 0 Å². The average molecular weight is 249 g/mol. The van der Waals surface area contributed by atoms with Crippen molar-refractivity contribution in [2.24, 2.45) is 0 Å². The van der Waals surface area contributed by atoms with Crippen LogP contribution in [0.5, 0.6) is 0 Å². The Kier molecular flexibility index (Phi) is 2.63. The number of benzene rings is 1. The van der Waals surface area contributed by atoms with Crippen molar-refractivity contribution in [1.29, 1.82) is 0 Å². The van der Waals surface area contributed by atoms with Crippen molar-refractivity contribution in [3.63, 3.8) is 0 Å². The molecular weight excluding hydrogens is 237 g/mol. The van der Waals surface area contributed by atoms with Crippen LogP contribution in [0.15, 0.2) is 18.2 Å². The lowest BCUT2D eigenvalue weighted by Crippen LogP contribution is -2.03. The highest BCUT2D eigenvalue weighted by Gasteiger charge is 2.22. The molecule has 0 spiro atoms. The minimum Gasteiger partial charge on any atom is -0.368 e. The molecule has 17 heavy (non-hydrogen) atoms. The second-order valence-corrected chi connectivity index (χ2v) is 5.44. The largest absolute Gasteiger partial charge is 0.368 e. The molecule has 3 rings (SSSR count). The maximum Gasteiger partial charge on any atom is 0.220 e. The molecular formula is C12H12FN3S. The molecule has 5 heteroatoms. The first-order chi connectivity index (χ1) is 8.24. The van der Waals surface area contributed by atoms with Crippen LogP contribution in [0.4, 0.5) is 10.3 Å². The second-order valence-electron chi connectivity index (χ2n) is 4.13. The van der Waals surface area contributed by atoms with E-state index in [-0.39, 0.29) is 11.8 Å². The summed E-state index contributed by atoms with van der Waals surface area (Å²) in [5.74, 6) is 1.15. The molecule has 2 heterocycles. The Balaban J connectivity index is 2.23. The first kappa shape index (κ1) is 10.8. The maximum absolute atomic E-state index is 13.3. The molecule has 0 saturated carbocycles. The maximum atomic E-state index is 13.3. The van der Waals surface area contributed by atoms with Gasteiger partial charge in [-0.1, -0.05) is 0 Å². The smallest absolute Gasteiger partial charge is 0.220 e. The third-order valence-corrected chi connectivity index (χ3v) is 4.32. The van der Waals surface area contributed by atoms with Gasteiger partial charge in [-0.25, -0.2) is 14.4 Å². The van der Waals surface area contributed by atoms with E-state index >= 15 is 0 Å². The van der Waals surface area contributed by atoms with Gasteiger partial charge in [-0.05, 0) is 36.8 Å². The fraction of sp³-hybridized carbons (Fsp3) is 0.333. The molecule has 0 amide bonds. The van der Waals surface area contributed by atoms with Crippen molar-refractivity contribution in [2.75, 3.05) is 11.5 Å². The van der Waals surface area contributed by atoms with E-state index in [0.29, 0.717) is 5.25 Å². The number of nitrogen functional groups attached to an aromatic ring is 1. The highest BCUT2D eigenvalue weighted by atomic mass is 32.2. The summed E-state index contributed by atoms with van der Waals surface area (Å²) in [5, 5.41) is 1.11. The van der Waals surface area contributed by atoms with Crippen LogP contribution in [0.25, 0.3) is 10.9 Å². The summed E-state index contributed by atoms with van der Waals surface area (Å²) in [6.45, 7) is 0. The molecule has 1 aliphatic rings.